The second-order valence-corrected chi connectivity index (χ2v) is 2.74. The fourth-order valence-corrected chi connectivity index (χ4v) is 0.887. The number of carbonyl (C=O) groups excluding carboxylic acids is 2. The summed E-state index contributed by atoms with van der Waals surface area (Å²) in [7, 11) is 0. The fourth-order valence-electron chi connectivity index (χ4n) is 0.887. The van der Waals surface area contributed by atoms with Crippen molar-refractivity contribution >= 4 is 11.9 Å². The van der Waals surface area contributed by atoms with Crippen molar-refractivity contribution in [2.45, 2.75) is 13.3 Å². The van der Waals surface area contributed by atoms with E-state index in [0.29, 0.717) is 32.6 Å². The Morgan fingerprint density at radius 3 is 2.43 bits per heavy atom. The standard InChI is InChI=1S/C8H18N4O2/c1-2-11-7(13)3-4-10-5-6-12-8(9)14/h10H,2-6H2,1H3,(H,11,13)(H3,9,12,14). The molecule has 0 radical (unpaired) electrons. The largest absolute Gasteiger partial charge is 0.356 e. The molecule has 0 saturated heterocycles. The van der Waals surface area contributed by atoms with Crippen LogP contribution in [0, 0.1) is 0 Å². The number of hydrogen-bond acceptors (Lipinski definition) is 3. The highest BCUT2D eigenvalue weighted by Crippen LogP contribution is 1.75. The summed E-state index contributed by atoms with van der Waals surface area (Å²) in [4.78, 5) is 21.2. The number of nitrogens with one attached hydrogen (secondary N) is 3. The summed E-state index contributed by atoms with van der Waals surface area (Å²) in [5, 5.41) is 8.12. The molecule has 6 heteroatoms. The maximum absolute atomic E-state index is 10.9. The normalized spacial score (nSPS) is 9.50. The zero-order chi connectivity index (χ0) is 10.8. The molecular formula is C8H18N4O2. The van der Waals surface area contributed by atoms with E-state index >= 15 is 0 Å². The zero-order valence-electron chi connectivity index (χ0n) is 8.43. The molecule has 5 N–H and O–H groups in total. The lowest BCUT2D eigenvalue weighted by Crippen LogP contribution is -2.36. The molecule has 0 aliphatic carbocycles. The van der Waals surface area contributed by atoms with Gasteiger partial charge in [-0.3, -0.25) is 4.79 Å². The maximum atomic E-state index is 10.9. The third kappa shape index (κ3) is 8.79. The lowest BCUT2D eigenvalue weighted by atomic mass is 10.4. The van der Waals surface area contributed by atoms with Gasteiger partial charge in [0, 0.05) is 32.6 Å². The molecule has 6 nitrogen and oxygen atoms in total. The molecule has 0 bridgehead atoms. The van der Waals surface area contributed by atoms with Gasteiger partial charge in [-0.15, -0.1) is 0 Å². The number of carbonyl (C=O) groups is 2. The van der Waals surface area contributed by atoms with Crippen molar-refractivity contribution in [1.82, 2.24) is 16.0 Å². The first-order chi connectivity index (χ1) is 6.66. The van der Waals surface area contributed by atoms with Crippen LogP contribution >= 0.6 is 0 Å². The highest BCUT2D eigenvalue weighted by atomic mass is 16.2. The molecule has 0 atom stereocenters. The number of nitrogens with two attached hydrogens (primary N) is 1. The average molecular weight is 202 g/mol. The van der Waals surface area contributed by atoms with E-state index in [0.717, 1.165) is 0 Å². The highest BCUT2D eigenvalue weighted by molar-refractivity contribution is 5.75. The Morgan fingerprint density at radius 2 is 1.86 bits per heavy atom. The Morgan fingerprint density at radius 1 is 1.14 bits per heavy atom. The van der Waals surface area contributed by atoms with Crippen molar-refractivity contribution in [3.8, 4) is 0 Å². The van der Waals surface area contributed by atoms with E-state index in [-0.39, 0.29) is 5.91 Å². The molecule has 3 amide bonds. The van der Waals surface area contributed by atoms with Crippen LogP contribution < -0.4 is 21.7 Å². The highest BCUT2D eigenvalue weighted by Gasteiger charge is 1.97. The summed E-state index contributed by atoms with van der Waals surface area (Å²) in [5.74, 6) is 0.0304. The third-order valence-electron chi connectivity index (χ3n) is 1.50. The van der Waals surface area contributed by atoms with Crippen LogP contribution in [0.1, 0.15) is 13.3 Å². The molecule has 0 aliphatic rings. The van der Waals surface area contributed by atoms with E-state index in [1.807, 2.05) is 6.92 Å². The topological polar surface area (TPSA) is 96.2 Å². The molecule has 0 aromatic heterocycles. The molecule has 0 rings (SSSR count). The molecule has 0 aliphatic heterocycles. The van der Waals surface area contributed by atoms with Crippen LogP contribution in [0.4, 0.5) is 4.79 Å². The van der Waals surface area contributed by atoms with Crippen molar-refractivity contribution < 1.29 is 9.59 Å². The Kier molecular flexibility index (Phi) is 7.53. The quantitative estimate of drug-likeness (QED) is 0.389. The maximum Gasteiger partial charge on any atom is 0.312 e. The smallest absolute Gasteiger partial charge is 0.312 e. The van der Waals surface area contributed by atoms with Crippen LogP contribution in [0.5, 0.6) is 0 Å². The number of urea groups is 1. The Bertz CT molecular complexity index is 184. The predicted octanol–water partition coefficient (Wildman–Crippen LogP) is -1.23. The third-order valence-corrected chi connectivity index (χ3v) is 1.50. The summed E-state index contributed by atoms with van der Waals surface area (Å²) in [6, 6.07) is -0.532. The van der Waals surface area contributed by atoms with E-state index in [1.165, 1.54) is 0 Å². The Balaban J connectivity index is 3.13. The van der Waals surface area contributed by atoms with Crippen LogP contribution in [-0.4, -0.2) is 38.1 Å². The van der Waals surface area contributed by atoms with Gasteiger partial charge < -0.3 is 21.7 Å². The van der Waals surface area contributed by atoms with Gasteiger partial charge in [0.1, 0.15) is 0 Å². The van der Waals surface area contributed by atoms with Crippen LogP contribution in [0.25, 0.3) is 0 Å². The van der Waals surface area contributed by atoms with E-state index < -0.39 is 6.03 Å². The van der Waals surface area contributed by atoms with Crippen molar-refractivity contribution in [2.75, 3.05) is 26.2 Å². The molecule has 0 saturated carbocycles. The van der Waals surface area contributed by atoms with Gasteiger partial charge in [-0.05, 0) is 6.92 Å². The van der Waals surface area contributed by atoms with Crippen molar-refractivity contribution in [3.05, 3.63) is 0 Å². The van der Waals surface area contributed by atoms with Crippen molar-refractivity contribution in [2.24, 2.45) is 5.73 Å². The molecule has 0 aromatic carbocycles. The van der Waals surface area contributed by atoms with Gasteiger partial charge in [-0.2, -0.15) is 0 Å². The minimum absolute atomic E-state index is 0.0304. The second kappa shape index (κ2) is 8.31. The SMILES string of the molecule is CCNC(=O)CCNCCNC(N)=O. The van der Waals surface area contributed by atoms with Crippen molar-refractivity contribution in [3.63, 3.8) is 0 Å². The lowest BCUT2D eigenvalue weighted by Gasteiger charge is -2.04. The minimum Gasteiger partial charge on any atom is -0.356 e. The Hall–Kier alpha value is -1.30. The zero-order valence-corrected chi connectivity index (χ0v) is 8.43. The summed E-state index contributed by atoms with van der Waals surface area (Å²) in [6.07, 6.45) is 0.449. The van der Waals surface area contributed by atoms with Gasteiger partial charge in [0.05, 0.1) is 0 Å². The summed E-state index contributed by atoms with van der Waals surface area (Å²) < 4.78 is 0. The first-order valence-electron chi connectivity index (χ1n) is 4.67. The number of amides is 3. The molecule has 14 heavy (non-hydrogen) atoms. The average Bonchev–Trinajstić information content (AvgIpc) is 2.11. The lowest BCUT2D eigenvalue weighted by molar-refractivity contribution is -0.120. The van der Waals surface area contributed by atoms with Gasteiger partial charge >= 0.3 is 6.03 Å². The number of rotatable bonds is 7. The summed E-state index contributed by atoms with van der Waals surface area (Å²) in [6.45, 7) is 4.23. The number of primary amides is 1. The van der Waals surface area contributed by atoms with Crippen LogP contribution in [0.2, 0.25) is 0 Å². The first-order valence-corrected chi connectivity index (χ1v) is 4.67. The van der Waals surface area contributed by atoms with Crippen molar-refractivity contribution in [1.29, 1.82) is 0 Å². The van der Waals surface area contributed by atoms with Gasteiger partial charge in [-0.1, -0.05) is 0 Å². The van der Waals surface area contributed by atoms with Gasteiger partial charge in [0.2, 0.25) is 5.91 Å². The van der Waals surface area contributed by atoms with Gasteiger partial charge in [-0.25, -0.2) is 4.79 Å². The van der Waals surface area contributed by atoms with E-state index in [2.05, 4.69) is 16.0 Å². The molecule has 0 unspecified atom stereocenters. The minimum atomic E-state index is -0.532. The monoisotopic (exact) mass is 202 g/mol. The van der Waals surface area contributed by atoms with Crippen LogP contribution in [-0.2, 0) is 4.79 Å². The van der Waals surface area contributed by atoms with Crippen LogP contribution in [0.3, 0.4) is 0 Å². The molecule has 0 heterocycles. The number of hydrogen-bond donors (Lipinski definition) is 4. The van der Waals surface area contributed by atoms with Gasteiger partial charge in [0.15, 0.2) is 0 Å². The summed E-state index contributed by atoms with van der Waals surface area (Å²) >= 11 is 0. The molecule has 0 aromatic rings. The molecular weight excluding hydrogens is 184 g/mol. The van der Waals surface area contributed by atoms with E-state index in [1.54, 1.807) is 0 Å². The molecule has 0 fully saturated rings. The molecule has 0 spiro atoms. The first kappa shape index (κ1) is 12.7. The predicted molar refractivity (Wildman–Crippen MR) is 53.8 cm³/mol. The molecule has 82 valence electrons. The summed E-state index contributed by atoms with van der Waals surface area (Å²) in [5.41, 5.74) is 4.85. The fraction of sp³-hybridized carbons (Fsp3) is 0.750. The Labute approximate surface area is 83.6 Å². The van der Waals surface area contributed by atoms with Gasteiger partial charge in [0.25, 0.3) is 0 Å². The van der Waals surface area contributed by atoms with E-state index in [4.69, 9.17) is 5.73 Å². The second-order valence-electron chi connectivity index (χ2n) is 2.74. The van der Waals surface area contributed by atoms with E-state index in [9.17, 15) is 9.59 Å². The van der Waals surface area contributed by atoms with Crippen LogP contribution in [0.15, 0.2) is 0 Å².